The number of aromatic nitrogens is 4. The summed E-state index contributed by atoms with van der Waals surface area (Å²) in [5.74, 6) is -0.699. The number of hydrogen-bond acceptors (Lipinski definition) is 13. The fourth-order valence-corrected chi connectivity index (χ4v) is 9.36. The average molecular weight is 897 g/mol. The number of halogens is 2. The van der Waals surface area contributed by atoms with E-state index in [1.165, 1.54) is 25.3 Å². The van der Waals surface area contributed by atoms with Crippen molar-refractivity contribution in [1.29, 1.82) is 0 Å². The Kier molecular flexibility index (Phi) is 13.3. The minimum absolute atomic E-state index is 0.0328. The van der Waals surface area contributed by atoms with Crippen LogP contribution in [0.4, 0.5) is 26.0 Å². The average Bonchev–Trinajstić information content (AvgIpc) is 3.71. The number of likely N-dealkylation sites (tertiary alicyclic amines) is 1. The van der Waals surface area contributed by atoms with Gasteiger partial charge in [0.15, 0.2) is 11.4 Å². The zero-order valence-corrected chi connectivity index (χ0v) is 36.1. The van der Waals surface area contributed by atoms with Crippen LogP contribution in [0.2, 0.25) is 0 Å². The Morgan fingerprint density at radius 3 is 2.49 bits per heavy atom. The van der Waals surface area contributed by atoms with Crippen molar-refractivity contribution in [2.45, 2.75) is 102 Å². The number of unbranched alkanes of at least 4 members (excludes halogenated alkanes) is 1. The molecule has 65 heavy (non-hydrogen) atoms. The van der Waals surface area contributed by atoms with Crippen LogP contribution >= 0.6 is 0 Å². The van der Waals surface area contributed by atoms with Crippen LogP contribution < -0.4 is 21.3 Å². The van der Waals surface area contributed by atoms with Gasteiger partial charge in [-0.25, -0.2) is 18.7 Å². The van der Waals surface area contributed by atoms with E-state index in [9.17, 15) is 32.8 Å². The Labute approximate surface area is 374 Å². The largest absolute Gasteiger partial charge is 0.444 e. The molecule has 3 aromatic heterocycles. The molecule has 3 aliphatic heterocycles. The highest BCUT2D eigenvalue weighted by Crippen LogP contribution is 2.37. The second kappa shape index (κ2) is 19.6. The van der Waals surface area contributed by atoms with E-state index in [-0.39, 0.29) is 53.4 Å². The first-order chi connectivity index (χ1) is 31.6. The van der Waals surface area contributed by atoms with Gasteiger partial charge < -0.3 is 30.0 Å². The zero-order valence-electron chi connectivity index (χ0n) is 36.1. The molecule has 4 aromatic rings. The van der Waals surface area contributed by atoms with Gasteiger partial charge in [0.25, 0.3) is 24.1 Å². The van der Waals surface area contributed by atoms with Gasteiger partial charge in [0.2, 0.25) is 17.7 Å². The number of ether oxygens (including phenoxy) is 1. The summed E-state index contributed by atoms with van der Waals surface area (Å²) in [6.45, 7) is 4.90. The van der Waals surface area contributed by atoms with Crippen molar-refractivity contribution in [3.63, 3.8) is 0 Å². The van der Waals surface area contributed by atoms with Crippen molar-refractivity contribution < 1.29 is 41.9 Å². The minimum Gasteiger partial charge on any atom is -0.444 e. The summed E-state index contributed by atoms with van der Waals surface area (Å²) in [6, 6.07) is 7.51. The molecule has 4 fully saturated rings. The molecule has 17 nitrogen and oxygen atoms in total. The number of oxazole rings is 1. The number of hydrogen-bond donors (Lipinski definition) is 4. The molecule has 1 aromatic carbocycles. The number of rotatable bonds is 18. The molecule has 1 unspecified atom stereocenters. The lowest BCUT2D eigenvalue weighted by Gasteiger charge is -2.36. The van der Waals surface area contributed by atoms with Crippen molar-refractivity contribution in [3.8, 4) is 11.5 Å². The molecule has 9 rings (SSSR count). The third-order valence-electron chi connectivity index (χ3n) is 13.2. The number of nitrogens with zero attached hydrogens (tertiary/aromatic N) is 6. The van der Waals surface area contributed by atoms with Gasteiger partial charge in [-0.1, -0.05) is 6.07 Å². The van der Waals surface area contributed by atoms with Gasteiger partial charge in [-0.05, 0) is 107 Å². The number of nitrogens with one attached hydrogen (secondary N) is 4. The lowest BCUT2D eigenvalue weighted by molar-refractivity contribution is -0.136. The van der Waals surface area contributed by atoms with Crippen LogP contribution in [-0.4, -0.2) is 111 Å². The highest BCUT2D eigenvalue weighted by molar-refractivity contribution is 6.25. The lowest BCUT2D eigenvalue weighted by Crippen LogP contribution is -2.54. The first kappa shape index (κ1) is 44.1. The molecule has 2 saturated carbocycles. The van der Waals surface area contributed by atoms with Crippen LogP contribution in [0.15, 0.2) is 53.4 Å². The number of fused-ring (bicyclic) bond motifs is 1. The maximum atomic E-state index is 14.2. The number of alkyl halides is 2. The Balaban J connectivity index is 0.674. The van der Waals surface area contributed by atoms with E-state index >= 15 is 0 Å². The Morgan fingerprint density at radius 1 is 0.923 bits per heavy atom. The van der Waals surface area contributed by atoms with Gasteiger partial charge in [0.05, 0.1) is 29.0 Å². The van der Waals surface area contributed by atoms with Gasteiger partial charge >= 0.3 is 0 Å². The third kappa shape index (κ3) is 10.3. The number of piperidine rings is 2. The fourth-order valence-electron chi connectivity index (χ4n) is 9.36. The number of pyridine rings is 1. The van der Waals surface area contributed by atoms with Crippen LogP contribution in [0.25, 0.3) is 11.5 Å². The number of benzene rings is 1. The lowest BCUT2D eigenvalue weighted by atomic mass is 9.85. The highest BCUT2D eigenvalue weighted by Gasteiger charge is 2.45. The molecule has 2 saturated heterocycles. The summed E-state index contributed by atoms with van der Waals surface area (Å²) in [5, 5.41) is 15.7. The van der Waals surface area contributed by atoms with Crippen molar-refractivity contribution >= 4 is 46.7 Å². The molecule has 0 radical (unpaired) electrons. The van der Waals surface area contributed by atoms with Gasteiger partial charge in [0, 0.05) is 69.4 Å². The van der Waals surface area contributed by atoms with Crippen LogP contribution in [-0.2, 0) is 14.3 Å². The molecule has 19 heteroatoms. The molecule has 4 N–H and O–H groups in total. The summed E-state index contributed by atoms with van der Waals surface area (Å²) in [6.07, 6.45) is 11.3. The van der Waals surface area contributed by atoms with Crippen LogP contribution in [0.3, 0.4) is 0 Å². The number of carbonyl (C=O) groups excluding carboxylic acids is 5. The summed E-state index contributed by atoms with van der Waals surface area (Å²) < 4.78 is 41.7. The minimum atomic E-state index is -2.87. The molecule has 1 atom stereocenters. The molecule has 344 valence electrons. The highest BCUT2D eigenvalue weighted by atomic mass is 19.3. The second-order valence-corrected chi connectivity index (χ2v) is 17.8. The maximum Gasteiger partial charge on any atom is 0.284 e. The van der Waals surface area contributed by atoms with E-state index in [2.05, 4.69) is 41.2 Å². The fraction of sp³-hybridized carbons (Fsp3) is 0.522. The molecule has 6 heterocycles. The number of imide groups is 2. The molecule has 0 spiro atoms. The molecular weight excluding hydrogens is 843 g/mol. The van der Waals surface area contributed by atoms with Crippen LogP contribution in [0.1, 0.15) is 126 Å². The first-order valence-corrected chi connectivity index (χ1v) is 22.8. The van der Waals surface area contributed by atoms with E-state index < -0.39 is 47.7 Å². The number of anilines is 3. The van der Waals surface area contributed by atoms with Crippen molar-refractivity contribution in [1.82, 2.24) is 34.9 Å². The normalized spacial score (nSPS) is 21.8. The van der Waals surface area contributed by atoms with Gasteiger partial charge in [-0.2, -0.15) is 5.10 Å². The van der Waals surface area contributed by atoms with E-state index in [0.717, 1.165) is 82.4 Å². The predicted molar refractivity (Wildman–Crippen MR) is 233 cm³/mol. The third-order valence-corrected chi connectivity index (χ3v) is 13.2. The standard InChI is InChI=1S/C46H54F2N10O7/c47-41(48)40-34(52-42(60)35-26-65-44(53-35)29-14-18-50-37(22-29)51-23-27-6-7-27)25-57(55-40)30-10-8-28(9-11-30)24-56-19-15-31(16-20-56)64-21-2-1-17-49-33-5-3-4-32-39(33)46(63)58(45(32)62)36-12-13-38(59)54-43(36)61/h3-5,14,18,22,25-28,30-31,36,41,49H,1-2,6-13,15-17,19-21,23-24H2,(H,50,51)(H,52,60)(H,54,59,61)/t28-,30-,36?. The molecule has 5 amide bonds. The smallest absolute Gasteiger partial charge is 0.284 e. The predicted octanol–water partition coefficient (Wildman–Crippen LogP) is 6.45. The quantitative estimate of drug-likeness (QED) is 0.0627. The first-order valence-electron chi connectivity index (χ1n) is 22.8. The molecular formula is C46H54F2N10O7. The van der Waals surface area contributed by atoms with Crippen LogP contribution in [0, 0.1) is 11.8 Å². The van der Waals surface area contributed by atoms with Crippen molar-refractivity contribution in [2.75, 3.05) is 55.3 Å². The summed E-state index contributed by atoms with van der Waals surface area (Å²) in [7, 11) is 0. The number of amides is 5. The second-order valence-electron chi connectivity index (χ2n) is 17.8. The van der Waals surface area contributed by atoms with E-state index in [0.29, 0.717) is 42.1 Å². The summed E-state index contributed by atoms with van der Waals surface area (Å²) >= 11 is 0. The zero-order chi connectivity index (χ0) is 45.0. The van der Waals surface area contributed by atoms with Gasteiger partial charge in [-0.15, -0.1) is 0 Å². The Morgan fingerprint density at radius 2 is 1.72 bits per heavy atom. The summed E-state index contributed by atoms with van der Waals surface area (Å²) in [4.78, 5) is 75.8. The summed E-state index contributed by atoms with van der Waals surface area (Å²) in [5.41, 5.74) is 1.14. The molecule has 5 aliphatic rings. The number of carbonyl (C=O) groups is 5. The Bertz CT molecular complexity index is 2400. The Hall–Kier alpha value is -6.08. The SMILES string of the molecule is O=C1CCC(N2C(=O)c3cccc(NCCCCOC4CCN(C[C@H]5CC[C@H](n6cc(NC(=O)c7coc(-c8ccnc(NCC9CC9)c8)n7)c(C(F)F)n6)CC5)CC4)c3C2=O)C(=O)N1. The van der Waals surface area contributed by atoms with Gasteiger partial charge in [0.1, 0.15) is 18.1 Å². The van der Waals surface area contributed by atoms with E-state index in [4.69, 9.17) is 9.15 Å². The monoisotopic (exact) mass is 896 g/mol. The van der Waals surface area contributed by atoms with E-state index in [1.54, 1.807) is 41.2 Å². The van der Waals surface area contributed by atoms with Crippen molar-refractivity contribution in [2.24, 2.45) is 11.8 Å². The topological polar surface area (TPSA) is 206 Å². The molecule has 0 bridgehead atoms. The van der Waals surface area contributed by atoms with Crippen molar-refractivity contribution in [3.05, 3.63) is 71.5 Å². The molecule has 2 aliphatic carbocycles. The maximum absolute atomic E-state index is 14.2. The van der Waals surface area contributed by atoms with E-state index in [1.807, 2.05) is 0 Å². The van der Waals surface area contributed by atoms with Gasteiger partial charge in [-0.3, -0.25) is 38.9 Å². The van der Waals surface area contributed by atoms with Crippen LogP contribution in [0.5, 0.6) is 0 Å².